The molecule has 2 amide bonds. The van der Waals surface area contributed by atoms with E-state index in [0.717, 1.165) is 17.7 Å². The number of ether oxygens (including phenoxy) is 1. The van der Waals surface area contributed by atoms with Gasteiger partial charge >= 0.3 is 59.9 Å². The van der Waals surface area contributed by atoms with Gasteiger partial charge in [-0.05, 0) is 111 Å². The second-order valence-electron chi connectivity index (χ2n) is 21.1. The number of halogens is 3. The van der Waals surface area contributed by atoms with Crippen molar-refractivity contribution >= 4 is 77.5 Å². The van der Waals surface area contributed by atoms with Gasteiger partial charge in [-0.3, -0.25) is 52.8 Å². The summed E-state index contributed by atoms with van der Waals surface area (Å²) in [4.78, 5) is 128. The molecule has 1 aromatic rings. The van der Waals surface area contributed by atoms with Crippen molar-refractivity contribution in [3.8, 4) is 0 Å². The van der Waals surface area contributed by atoms with Crippen LogP contribution in [0.2, 0.25) is 0 Å². The summed E-state index contributed by atoms with van der Waals surface area (Å²) in [7, 11) is 1.42. The zero-order valence-electron chi connectivity index (χ0n) is 50.8. The lowest BCUT2D eigenvalue weighted by Crippen LogP contribution is -2.41. The summed E-state index contributed by atoms with van der Waals surface area (Å²) < 4.78 is 40.5. The average Bonchev–Trinajstić information content (AvgIpc) is 3.60. The standard InChI is InChI=1S/C13H13NO4.C7H12O4.C7H14O2.C6H9F3O2.C6H10O3.C6H12O3.C6H12O2.C5H10O2/c1-7-8(2)12(16)14(11(7)15)10-5-3-9(4-6-10)13(17)18;1-3-7(2,6(10)11)4-5(8)9;1-5-7(2,3)6(8)9-4;1-3-5(2,4(10)11)6(7,8)9;1-4(3-7)5(2)6(8)9;1-3-6(2,4-7)5(8)9;1-4-6(2,3)5(7)8;1-3-4(2)5(6)7/h3-8H,1-2H3,(H,17,18);3-4H2,1-2H3,(H,8,9)(H,10,11);5H2,1-4H3;3H2,1-2H3,(H,10,11);3-5H,1-2H3,(H,8,9);7H,3-4H2,1-2H3,(H,8,9);4H2,1-3H3,(H,7,8);4H,3H2,1-2H3,(H,6,7). The third-order valence-electron chi connectivity index (χ3n) is 14.1. The van der Waals surface area contributed by atoms with Crippen LogP contribution in [0.25, 0.3) is 0 Å². The first kappa shape index (κ1) is 86.3. The molecule has 0 radical (unpaired) electrons. The fraction of sp³-hybridized carbons (Fsp3) is 0.679. The molecule has 0 aromatic heterocycles. The van der Waals surface area contributed by atoms with Crippen LogP contribution in [0.4, 0.5) is 18.9 Å². The molecule has 23 nitrogen and oxygen atoms in total. The Morgan fingerprint density at radius 3 is 1.11 bits per heavy atom. The number of amides is 2. The van der Waals surface area contributed by atoms with E-state index in [1.807, 2.05) is 34.6 Å². The average molecular weight is 1190 g/mol. The Kier molecular flexibility index (Phi) is 41.5. The largest absolute Gasteiger partial charge is 0.481 e. The number of hydrogen-bond acceptors (Lipinski definition) is 14. The summed E-state index contributed by atoms with van der Waals surface area (Å²) in [6.07, 6.45) is -1.79. The summed E-state index contributed by atoms with van der Waals surface area (Å²) in [6, 6.07) is 5.71. The number of rotatable bonds is 20. The highest BCUT2D eigenvalue weighted by Gasteiger charge is 2.55. The number of methoxy groups -OCH3 is 1. The number of nitrogens with zero attached hydrogens (tertiary/aromatic N) is 1. The van der Waals surface area contributed by atoms with Gasteiger partial charge in [-0.2, -0.15) is 13.2 Å². The van der Waals surface area contributed by atoms with E-state index in [-0.39, 0.29) is 65.5 Å². The van der Waals surface area contributed by atoms with Crippen LogP contribution in [0, 0.1) is 56.7 Å². The van der Waals surface area contributed by atoms with Crippen LogP contribution >= 0.6 is 0 Å². The lowest BCUT2D eigenvalue weighted by atomic mass is 9.84. The van der Waals surface area contributed by atoms with Crippen molar-refractivity contribution in [3.63, 3.8) is 0 Å². The van der Waals surface area contributed by atoms with E-state index in [0.29, 0.717) is 38.2 Å². The summed E-state index contributed by atoms with van der Waals surface area (Å²) >= 11 is 0. The number of hydrogen-bond donors (Lipinski definition) is 9. The van der Waals surface area contributed by atoms with Gasteiger partial charge in [0.25, 0.3) is 0 Å². The van der Waals surface area contributed by atoms with Crippen molar-refractivity contribution in [2.75, 3.05) is 18.6 Å². The number of aromatic carboxylic acids is 1. The SMILES string of the molecule is CC(C=O)C(C)C(=O)O.CC1C(=O)N(c2ccc(C(=O)O)cc2)C(=O)C1C.CCC(C)(C(=O)O)C(F)(F)F.CCC(C)(C)C(=O)O.CCC(C)(C)C(=O)OC.CCC(C)(CC(=O)O)C(=O)O.CCC(C)(CO)C(=O)O.CCC(C)C(=O)O. The van der Waals surface area contributed by atoms with Gasteiger partial charge in [0.2, 0.25) is 11.8 Å². The summed E-state index contributed by atoms with van der Waals surface area (Å²) in [6.45, 7) is 29.1. The molecule has 0 saturated carbocycles. The van der Waals surface area contributed by atoms with Crippen molar-refractivity contribution in [2.24, 2.45) is 56.7 Å². The fourth-order valence-electron chi connectivity index (χ4n) is 4.53. The fourth-order valence-corrected chi connectivity index (χ4v) is 4.53. The van der Waals surface area contributed by atoms with Crippen LogP contribution in [0.3, 0.4) is 0 Å². The molecule has 82 heavy (non-hydrogen) atoms. The van der Waals surface area contributed by atoms with Crippen LogP contribution in [-0.2, 0) is 57.5 Å². The summed E-state index contributed by atoms with van der Waals surface area (Å²) in [5, 5.41) is 76.0. The molecule has 1 saturated heterocycles. The smallest absolute Gasteiger partial charge is 0.404 e. The number of aliphatic hydroxyl groups is 1. The Morgan fingerprint density at radius 2 is 0.988 bits per heavy atom. The zero-order valence-corrected chi connectivity index (χ0v) is 50.8. The molecule has 0 aliphatic carbocycles. The van der Waals surface area contributed by atoms with Gasteiger partial charge in [0.05, 0.1) is 64.9 Å². The predicted molar refractivity (Wildman–Crippen MR) is 295 cm³/mol. The van der Waals surface area contributed by atoms with Crippen molar-refractivity contribution in [3.05, 3.63) is 29.8 Å². The molecule has 1 heterocycles. The Morgan fingerprint density at radius 1 is 0.598 bits per heavy atom. The van der Waals surface area contributed by atoms with E-state index in [1.54, 1.807) is 55.4 Å². The number of benzene rings is 1. The maximum Gasteiger partial charge on any atom is 0.404 e. The molecular weight excluding hydrogens is 1100 g/mol. The van der Waals surface area contributed by atoms with Gasteiger partial charge in [0, 0.05) is 17.8 Å². The number of esters is 1. The Bertz CT molecular complexity index is 2200. The van der Waals surface area contributed by atoms with E-state index in [4.69, 9.17) is 46.0 Å². The minimum atomic E-state index is -4.67. The van der Waals surface area contributed by atoms with Gasteiger partial charge < -0.3 is 55.5 Å². The van der Waals surface area contributed by atoms with Gasteiger partial charge in [0.15, 0.2) is 5.41 Å². The Balaban J connectivity index is -0.000000206. The van der Waals surface area contributed by atoms with E-state index >= 15 is 0 Å². The monoisotopic (exact) mass is 1190 g/mol. The lowest BCUT2D eigenvalue weighted by molar-refractivity contribution is -0.227. The van der Waals surface area contributed by atoms with E-state index < -0.39 is 87.9 Å². The molecule has 1 fully saturated rings. The third kappa shape index (κ3) is 30.7. The van der Waals surface area contributed by atoms with Crippen molar-refractivity contribution in [2.45, 2.75) is 176 Å². The molecule has 1 aromatic carbocycles. The van der Waals surface area contributed by atoms with Gasteiger partial charge in [-0.25, -0.2) is 4.79 Å². The van der Waals surface area contributed by atoms with Crippen molar-refractivity contribution in [1.82, 2.24) is 0 Å². The highest BCUT2D eigenvalue weighted by Crippen LogP contribution is 2.40. The summed E-state index contributed by atoms with van der Waals surface area (Å²) in [5.41, 5.74) is -4.97. The number of alkyl halides is 3. The zero-order chi connectivity index (χ0) is 66.9. The molecule has 2 rings (SSSR count). The normalized spacial score (nSPS) is 16.7. The highest BCUT2D eigenvalue weighted by atomic mass is 19.4. The first-order valence-electron chi connectivity index (χ1n) is 26.0. The van der Waals surface area contributed by atoms with Gasteiger partial charge in [-0.15, -0.1) is 0 Å². The predicted octanol–water partition coefficient (Wildman–Crippen LogP) is 9.78. The van der Waals surface area contributed by atoms with Crippen LogP contribution in [0.15, 0.2) is 24.3 Å². The second-order valence-corrected chi connectivity index (χ2v) is 21.1. The quantitative estimate of drug-likeness (QED) is 0.0333. The van der Waals surface area contributed by atoms with Crippen LogP contribution in [-0.4, -0.2) is 138 Å². The van der Waals surface area contributed by atoms with Crippen molar-refractivity contribution in [1.29, 1.82) is 0 Å². The van der Waals surface area contributed by atoms with E-state index in [1.165, 1.54) is 59.1 Å². The molecule has 1 aliphatic heterocycles. The molecule has 1 aliphatic rings. The van der Waals surface area contributed by atoms with E-state index in [9.17, 15) is 70.7 Å². The lowest BCUT2D eigenvalue weighted by Gasteiger charge is -2.25. The number of aldehydes is 1. The van der Waals surface area contributed by atoms with Crippen molar-refractivity contribution < 1.29 is 121 Å². The molecule has 474 valence electrons. The number of aliphatic carboxylic acids is 7. The topological polar surface area (TPSA) is 399 Å². The molecule has 26 heteroatoms. The highest BCUT2D eigenvalue weighted by molar-refractivity contribution is 6.21. The minimum Gasteiger partial charge on any atom is -0.481 e. The minimum absolute atomic E-state index is 0.124. The van der Waals surface area contributed by atoms with Gasteiger partial charge in [-0.1, -0.05) is 76.2 Å². The van der Waals surface area contributed by atoms with E-state index in [2.05, 4.69) is 4.74 Å². The molecule has 0 spiro atoms. The number of carbonyl (C=O) groups excluding carboxylic acids is 4. The molecule has 0 bridgehead atoms. The van der Waals surface area contributed by atoms with Gasteiger partial charge in [0.1, 0.15) is 6.29 Å². The number of carboxylic acid groups (broad SMARTS) is 8. The van der Waals surface area contributed by atoms with Crippen LogP contribution in [0.1, 0.15) is 180 Å². The molecule has 9 N–H and O–H groups in total. The van der Waals surface area contributed by atoms with Crippen LogP contribution < -0.4 is 4.90 Å². The number of imide groups is 1. The molecule has 8 atom stereocenters. The molecular formula is C56H92F3NO22. The first-order valence-corrected chi connectivity index (χ1v) is 26.0. The number of carboxylic acids is 8. The first-order chi connectivity index (χ1) is 37.0. The Hall–Kier alpha value is -6.99. The maximum atomic E-state index is 12.0. The second kappa shape index (κ2) is 39.4. The summed E-state index contributed by atoms with van der Waals surface area (Å²) in [5.74, 6) is -10.7. The maximum absolute atomic E-state index is 12.0. The molecule has 8 unspecified atom stereocenters. The third-order valence-corrected chi connectivity index (χ3v) is 14.1. The van der Waals surface area contributed by atoms with Crippen LogP contribution in [0.5, 0.6) is 0 Å². The number of anilines is 1. The number of carbonyl (C=O) groups is 12. The Labute approximate surface area is 478 Å². The number of aliphatic hydroxyl groups excluding tert-OH is 1.